The number of carboxylic acid groups (broad SMARTS) is 1. The number of H-pyrrole nitrogens is 1. The first-order chi connectivity index (χ1) is 14.0. The zero-order chi connectivity index (χ0) is 22.2. The Bertz CT molecular complexity index is 953. The molecule has 0 unspecified atom stereocenters. The molecule has 164 valence electrons. The summed E-state index contributed by atoms with van der Waals surface area (Å²) < 4.78 is 0.750. The number of amides is 2. The van der Waals surface area contributed by atoms with E-state index in [9.17, 15) is 19.8 Å². The number of aliphatic hydroxyl groups is 1. The van der Waals surface area contributed by atoms with Crippen molar-refractivity contribution in [2.24, 2.45) is 0 Å². The van der Waals surface area contributed by atoms with Crippen LogP contribution in [0.15, 0.2) is 16.9 Å². The van der Waals surface area contributed by atoms with Crippen LogP contribution in [0.1, 0.15) is 40.5 Å². The molecule has 3 heterocycles. The molecule has 0 saturated carbocycles. The van der Waals surface area contributed by atoms with Crippen molar-refractivity contribution in [1.29, 1.82) is 0 Å². The van der Waals surface area contributed by atoms with Gasteiger partial charge in [-0.15, -0.1) is 0 Å². The normalized spacial score (nSPS) is 18.3. The molecule has 1 aliphatic rings. The molecule has 2 aromatic heterocycles. The molecular formula is C20H28BrN5O4. The number of carbonyl (C=O) groups is 2. The number of nitrogens with zero attached hydrogens (tertiary/aromatic N) is 3. The van der Waals surface area contributed by atoms with Gasteiger partial charge in [-0.3, -0.25) is 9.69 Å². The summed E-state index contributed by atoms with van der Waals surface area (Å²) in [5.41, 5.74) is 1.44. The lowest BCUT2D eigenvalue weighted by Crippen LogP contribution is -2.56. The molecule has 2 aromatic rings. The highest BCUT2D eigenvalue weighted by Crippen LogP contribution is 2.39. The van der Waals surface area contributed by atoms with Crippen LogP contribution >= 0.6 is 15.9 Å². The van der Waals surface area contributed by atoms with Gasteiger partial charge in [-0.1, -0.05) is 0 Å². The lowest BCUT2D eigenvalue weighted by molar-refractivity contribution is -0.123. The van der Waals surface area contributed by atoms with Gasteiger partial charge in [0.05, 0.1) is 27.3 Å². The van der Waals surface area contributed by atoms with E-state index in [2.05, 4.69) is 36.1 Å². The molecule has 1 saturated heterocycles. The second kappa shape index (κ2) is 8.43. The number of nitrogens with one attached hydrogen (secondary N) is 2. The highest BCUT2D eigenvalue weighted by molar-refractivity contribution is 9.10. The van der Waals surface area contributed by atoms with Gasteiger partial charge >= 0.3 is 6.09 Å². The first-order valence-corrected chi connectivity index (χ1v) is 10.7. The molecule has 30 heavy (non-hydrogen) atoms. The van der Waals surface area contributed by atoms with Crippen LogP contribution < -0.4 is 10.2 Å². The third kappa shape index (κ3) is 4.39. The highest BCUT2D eigenvalue weighted by atomic mass is 79.9. The largest absolute Gasteiger partial charge is 0.465 e. The van der Waals surface area contributed by atoms with E-state index in [-0.39, 0.29) is 6.04 Å². The molecule has 2 amide bonds. The highest BCUT2D eigenvalue weighted by Gasteiger charge is 2.36. The van der Waals surface area contributed by atoms with Gasteiger partial charge in [-0.2, -0.15) is 0 Å². The Hall–Kier alpha value is -2.33. The van der Waals surface area contributed by atoms with Crippen molar-refractivity contribution in [3.05, 3.63) is 16.9 Å². The second-order valence-corrected chi connectivity index (χ2v) is 9.47. The fraction of sp³-hybridized carbons (Fsp3) is 0.550. The van der Waals surface area contributed by atoms with Crippen LogP contribution in [0.25, 0.3) is 11.0 Å². The van der Waals surface area contributed by atoms with Crippen molar-refractivity contribution in [2.75, 3.05) is 23.3 Å². The maximum Gasteiger partial charge on any atom is 0.408 e. The Morgan fingerprint density at radius 1 is 1.43 bits per heavy atom. The Morgan fingerprint density at radius 3 is 2.73 bits per heavy atom. The number of rotatable bonds is 4. The third-order valence-electron chi connectivity index (χ3n) is 5.27. The number of fused-ring (bicyclic) bond motifs is 1. The van der Waals surface area contributed by atoms with Gasteiger partial charge in [0.15, 0.2) is 0 Å². The maximum atomic E-state index is 12.1. The molecule has 3 rings (SSSR count). The summed E-state index contributed by atoms with van der Waals surface area (Å²) in [6.45, 7) is 8.38. The minimum absolute atomic E-state index is 0.166. The van der Waals surface area contributed by atoms with Gasteiger partial charge in [-0.25, -0.2) is 9.78 Å². The number of pyridine rings is 1. The molecule has 9 nitrogen and oxygen atoms in total. The summed E-state index contributed by atoms with van der Waals surface area (Å²) in [7, 11) is 0. The summed E-state index contributed by atoms with van der Waals surface area (Å²) in [4.78, 5) is 35.1. The zero-order valence-corrected chi connectivity index (χ0v) is 19.2. The van der Waals surface area contributed by atoms with Crippen LogP contribution in [-0.2, 0) is 4.79 Å². The van der Waals surface area contributed by atoms with Crippen molar-refractivity contribution < 1.29 is 19.8 Å². The van der Waals surface area contributed by atoms with Crippen LogP contribution in [0.2, 0.25) is 0 Å². The minimum Gasteiger partial charge on any atom is -0.465 e. The number of aliphatic hydroxyl groups excluding tert-OH is 1. The Labute approximate surface area is 183 Å². The van der Waals surface area contributed by atoms with Crippen molar-refractivity contribution in [3.8, 4) is 0 Å². The number of anilines is 2. The first kappa shape index (κ1) is 22.4. The van der Waals surface area contributed by atoms with E-state index in [0.29, 0.717) is 17.9 Å². The van der Waals surface area contributed by atoms with Gasteiger partial charge in [0.1, 0.15) is 11.8 Å². The summed E-state index contributed by atoms with van der Waals surface area (Å²) in [6, 6.07) is -0.166. The second-order valence-electron chi connectivity index (χ2n) is 8.61. The average molecular weight is 482 g/mol. The Kier molecular flexibility index (Phi) is 6.28. The predicted molar refractivity (Wildman–Crippen MR) is 119 cm³/mol. The molecule has 4 N–H and O–H groups in total. The molecule has 0 radical (unpaired) electrons. The average Bonchev–Trinajstić information content (AvgIpc) is 3.03. The first-order valence-electron chi connectivity index (χ1n) is 9.92. The van der Waals surface area contributed by atoms with Gasteiger partial charge in [0.25, 0.3) is 5.91 Å². The van der Waals surface area contributed by atoms with Crippen molar-refractivity contribution >= 4 is 50.3 Å². The van der Waals surface area contributed by atoms with Crippen LogP contribution in [0.3, 0.4) is 0 Å². The quantitative estimate of drug-likeness (QED) is 0.530. The number of hydrogen-bond donors (Lipinski definition) is 4. The minimum atomic E-state index is -1.14. The van der Waals surface area contributed by atoms with Gasteiger partial charge < -0.3 is 25.4 Å². The van der Waals surface area contributed by atoms with E-state index in [1.165, 1.54) is 11.8 Å². The van der Waals surface area contributed by atoms with E-state index in [0.717, 1.165) is 34.9 Å². The topological polar surface area (TPSA) is 122 Å². The van der Waals surface area contributed by atoms with Gasteiger partial charge in [0.2, 0.25) is 0 Å². The summed E-state index contributed by atoms with van der Waals surface area (Å²) in [5.74, 6) is -0.511. The molecular weight excluding hydrogens is 454 g/mol. The number of halogens is 1. The summed E-state index contributed by atoms with van der Waals surface area (Å²) >= 11 is 3.58. The van der Waals surface area contributed by atoms with E-state index in [4.69, 9.17) is 0 Å². The predicted octanol–water partition coefficient (Wildman–Crippen LogP) is 3.39. The molecule has 0 aliphatic carbocycles. The summed E-state index contributed by atoms with van der Waals surface area (Å²) in [6.07, 6.45) is 2.88. The standard InChI is InChI=1S/C20H28BrN5O4/c1-11(27)18(28)24-14-9-23-17-15(14)16(13(21)8-22-17)25-7-5-6-12(10-25)26(19(29)30)20(2,3)4/h8-9,11-12,27H,5-7,10H2,1-4H3,(H,22,23)(H,24,28)(H,29,30)/t11-,12+/m0/s1. The number of carbonyl (C=O) groups excluding carboxylic acids is 1. The van der Waals surface area contributed by atoms with Crippen LogP contribution in [-0.4, -0.2) is 67.9 Å². The molecule has 0 spiro atoms. The molecule has 0 aromatic carbocycles. The van der Waals surface area contributed by atoms with E-state index < -0.39 is 23.6 Å². The van der Waals surface area contributed by atoms with Crippen molar-refractivity contribution in [3.63, 3.8) is 0 Å². The van der Waals surface area contributed by atoms with E-state index in [1.54, 1.807) is 12.4 Å². The number of hydrogen-bond acceptors (Lipinski definition) is 5. The van der Waals surface area contributed by atoms with Crippen LogP contribution in [0.5, 0.6) is 0 Å². The lowest BCUT2D eigenvalue weighted by Gasteiger charge is -2.45. The third-order valence-corrected chi connectivity index (χ3v) is 5.85. The van der Waals surface area contributed by atoms with Crippen molar-refractivity contribution in [1.82, 2.24) is 14.9 Å². The lowest BCUT2D eigenvalue weighted by atomic mass is 9.97. The van der Waals surface area contributed by atoms with E-state index >= 15 is 0 Å². The Morgan fingerprint density at radius 2 is 2.13 bits per heavy atom. The van der Waals surface area contributed by atoms with Crippen molar-refractivity contribution in [2.45, 2.75) is 58.2 Å². The monoisotopic (exact) mass is 481 g/mol. The number of aromatic amines is 1. The molecule has 0 bridgehead atoms. The smallest absolute Gasteiger partial charge is 0.408 e. The summed E-state index contributed by atoms with van der Waals surface area (Å²) in [5, 5.41) is 22.8. The number of aromatic nitrogens is 2. The maximum absolute atomic E-state index is 12.1. The fourth-order valence-electron chi connectivity index (χ4n) is 4.06. The van der Waals surface area contributed by atoms with Crippen LogP contribution in [0, 0.1) is 0 Å². The molecule has 1 aliphatic heterocycles. The van der Waals surface area contributed by atoms with Gasteiger partial charge in [0, 0.05) is 31.0 Å². The van der Waals surface area contributed by atoms with Gasteiger partial charge in [-0.05, 0) is 56.5 Å². The molecule has 1 fully saturated rings. The molecule has 2 atom stereocenters. The van der Waals surface area contributed by atoms with E-state index in [1.807, 2.05) is 20.8 Å². The Balaban J connectivity index is 2.01. The number of piperidine rings is 1. The SMILES string of the molecule is C[C@H](O)C(=O)Nc1c[nH]c2ncc(Br)c(N3CCC[C@@H](N(C(=O)O)C(C)(C)C)C3)c12. The molecule has 10 heteroatoms. The fourth-order valence-corrected chi connectivity index (χ4v) is 4.61. The van der Waals surface area contributed by atoms with Crippen LogP contribution in [0.4, 0.5) is 16.2 Å². The zero-order valence-electron chi connectivity index (χ0n) is 17.6.